The van der Waals surface area contributed by atoms with Gasteiger partial charge in [-0.05, 0) is 53.6 Å². The molecule has 3 nitrogen and oxygen atoms in total. The second kappa shape index (κ2) is 6.17. The molecular weight excluding hydrogens is 331 g/mol. The quantitative estimate of drug-likeness (QED) is 0.838. The molecule has 2 aliphatic rings. The van der Waals surface area contributed by atoms with Gasteiger partial charge in [-0.1, -0.05) is 0 Å². The molecule has 0 fully saturated rings. The van der Waals surface area contributed by atoms with Crippen LogP contribution >= 0.6 is 23.1 Å². The third-order valence-electron chi connectivity index (χ3n) is 4.40. The van der Waals surface area contributed by atoms with E-state index in [1.54, 1.807) is 29.2 Å². The van der Waals surface area contributed by atoms with Crippen LogP contribution in [-0.4, -0.2) is 23.2 Å². The van der Waals surface area contributed by atoms with Crippen molar-refractivity contribution >= 4 is 29.1 Å². The molecule has 0 bridgehead atoms. The molecule has 23 heavy (non-hydrogen) atoms. The zero-order valence-corrected chi connectivity index (χ0v) is 14.2. The van der Waals surface area contributed by atoms with Gasteiger partial charge in [0, 0.05) is 28.6 Å². The standard InChI is InChI=1S/C17H17FN2OS2/c18-12-1-2-16-13(9-12)14(5-8-23-16)19-17(21)20-6-3-15-11(10-20)4-7-22-15/h1-2,4,7,9,14H,3,5-6,8,10H2,(H,19,21). The molecule has 120 valence electrons. The number of urea groups is 1. The van der Waals surface area contributed by atoms with E-state index >= 15 is 0 Å². The summed E-state index contributed by atoms with van der Waals surface area (Å²) in [7, 11) is 0. The minimum absolute atomic E-state index is 0.0473. The Kier molecular flexibility index (Phi) is 4.03. The van der Waals surface area contributed by atoms with Crippen LogP contribution in [0.1, 0.15) is 28.5 Å². The molecule has 2 aromatic rings. The maximum Gasteiger partial charge on any atom is 0.318 e. The van der Waals surface area contributed by atoms with E-state index in [-0.39, 0.29) is 17.9 Å². The van der Waals surface area contributed by atoms with Gasteiger partial charge in [0.2, 0.25) is 0 Å². The Morgan fingerprint density at radius 1 is 1.35 bits per heavy atom. The van der Waals surface area contributed by atoms with Gasteiger partial charge in [0.1, 0.15) is 5.82 Å². The van der Waals surface area contributed by atoms with Gasteiger partial charge < -0.3 is 10.2 Å². The van der Waals surface area contributed by atoms with Crippen molar-refractivity contribution in [1.29, 1.82) is 0 Å². The average molecular weight is 348 g/mol. The van der Waals surface area contributed by atoms with E-state index in [2.05, 4.69) is 16.8 Å². The molecule has 0 saturated carbocycles. The smallest absolute Gasteiger partial charge is 0.318 e. The zero-order valence-electron chi connectivity index (χ0n) is 12.5. The molecule has 1 aromatic carbocycles. The van der Waals surface area contributed by atoms with Crippen molar-refractivity contribution in [3.05, 3.63) is 51.5 Å². The maximum atomic E-state index is 13.6. The molecule has 4 rings (SSSR count). The SMILES string of the molecule is O=C(NC1CCSc2ccc(F)cc21)N1CCc2sccc2C1. The van der Waals surface area contributed by atoms with Gasteiger partial charge in [-0.3, -0.25) is 0 Å². The summed E-state index contributed by atoms with van der Waals surface area (Å²) in [5, 5.41) is 5.19. The zero-order chi connectivity index (χ0) is 15.8. The van der Waals surface area contributed by atoms with Gasteiger partial charge >= 0.3 is 6.03 Å². The van der Waals surface area contributed by atoms with Gasteiger partial charge in [0.25, 0.3) is 0 Å². The highest BCUT2D eigenvalue weighted by Gasteiger charge is 2.27. The van der Waals surface area contributed by atoms with E-state index in [0.717, 1.165) is 35.6 Å². The number of thiophene rings is 1. The van der Waals surface area contributed by atoms with Crippen molar-refractivity contribution in [1.82, 2.24) is 10.2 Å². The highest BCUT2D eigenvalue weighted by molar-refractivity contribution is 7.99. The molecule has 0 aliphatic carbocycles. The Hall–Kier alpha value is -1.53. The van der Waals surface area contributed by atoms with E-state index in [1.165, 1.54) is 16.5 Å². The summed E-state index contributed by atoms with van der Waals surface area (Å²) in [6.45, 7) is 1.42. The molecule has 1 atom stereocenters. The van der Waals surface area contributed by atoms with Crippen LogP contribution in [0.25, 0.3) is 0 Å². The summed E-state index contributed by atoms with van der Waals surface area (Å²) in [6, 6.07) is 6.80. The third kappa shape index (κ3) is 2.97. The molecule has 0 spiro atoms. The average Bonchev–Trinajstić information content (AvgIpc) is 3.03. The maximum absolute atomic E-state index is 13.6. The van der Waals surface area contributed by atoms with E-state index in [0.29, 0.717) is 6.54 Å². The first kappa shape index (κ1) is 15.0. The minimum Gasteiger partial charge on any atom is -0.331 e. The lowest BCUT2D eigenvalue weighted by Gasteiger charge is -2.31. The number of carbonyl (C=O) groups is 1. The predicted molar refractivity (Wildman–Crippen MR) is 91.4 cm³/mol. The Bertz CT molecular complexity index is 746. The molecule has 1 unspecified atom stereocenters. The Balaban J connectivity index is 1.49. The number of rotatable bonds is 1. The summed E-state index contributed by atoms with van der Waals surface area (Å²) >= 11 is 3.49. The normalized spacial score (nSPS) is 19.9. The van der Waals surface area contributed by atoms with Crippen LogP contribution in [-0.2, 0) is 13.0 Å². The van der Waals surface area contributed by atoms with Gasteiger partial charge in [-0.15, -0.1) is 23.1 Å². The first-order valence-corrected chi connectivity index (χ1v) is 9.60. The van der Waals surface area contributed by atoms with Crippen LogP contribution in [0.5, 0.6) is 0 Å². The minimum atomic E-state index is -0.244. The summed E-state index contributed by atoms with van der Waals surface area (Å²) in [5.41, 5.74) is 2.16. The van der Waals surface area contributed by atoms with Gasteiger partial charge in [0.05, 0.1) is 6.04 Å². The van der Waals surface area contributed by atoms with E-state index in [1.807, 2.05) is 11.0 Å². The molecular formula is C17H17FN2OS2. The monoisotopic (exact) mass is 348 g/mol. The number of fused-ring (bicyclic) bond motifs is 2. The van der Waals surface area contributed by atoms with Crippen LogP contribution in [0, 0.1) is 5.82 Å². The lowest BCUT2D eigenvalue weighted by atomic mass is 10.0. The van der Waals surface area contributed by atoms with E-state index < -0.39 is 0 Å². The molecule has 2 aliphatic heterocycles. The van der Waals surface area contributed by atoms with Gasteiger partial charge in [-0.25, -0.2) is 9.18 Å². The fourth-order valence-corrected chi connectivity index (χ4v) is 5.17. The Labute approximate surface area is 142 Å². The predicted octanol–water partition coefficient (Wildman–Crippen LogP) is 4.19. The first-order chi connectivity index (χ1) is 11.2. The number of nitrogens with zero attached hydrogens (tertiary/aromatic N) is 1. The van der Waals surface area contributed by atoms with E-state index in [9.17, 15) is 9.18 Å². The summed E-state index contributed by atoms with van der Waals surface area (Å²) in [5.74, 6) is 0.699. The number of amides is 2. The van der Waals surface area contributed by atoms with Crippen LogP contribution in [0.2, 0.25) is 0 Å². The highest BCUT2D eigenvalue weighted by Crippen LogP contribution is 2.36. The first-order valence-electron chi connectivity index (χ1n) is 7.73. The number of hydrogen-bond donors (Lipinski definition) is 1. The molecule has 3 heterocycles. The number of thioether (sulfide) groups is 1. The van der Waals surface area contributed by atoms with Gasteiger partial charge in [-0.2, -0.15) is 0 Å². The van der Waals surface area contributed by atoms with Crippen LogP contribution in [0.15, 0.2) is 34.5 Å². The molecule has 1 N–H and O–H groups in total. The summed E-state index contributed by atoms with van der Waals surface area (Å²) < 4.78 is 13.6. The lowest BCUT2D eigenvalue weighted by molar-refractivity contribution is 0.188. The lowest BCUT2D eigenvalue weighted by Crippen LogP contribution is -2.44. The van der Waals surface area contributed by atoms with Crippen molar-refractivity contribution in [2.45, 2.75) is 30.3 Å². The second-order valence-corrected chi connectivity index (χ2v) is 8.00. The topological polar surface area (TPSA) is 32.3 Å². The van der Waals surface area contributed by atoms with Crippen LogP contribution in [0.3, 0.4) is 0 Å². The van der Waals surface area contributed by atoms with E-state index in [4.69, 9.17) is 0 Å². The van der Waals surface area contributed by atoms with Crippen molar-refractivity contribution in [2.75, 3.05) is 12.3 Å². The van der Waals surface area contributed by atoms with Gasteiger partial charge in [0.15, 0.2) is 0 Å². The van der Waals surface area contributed by atoms with Crippen LogP contribution in [0.4, 0.5) is 9.18 Å². The Morgan fingerprint density at radius 2 is 2.26 bits per heavy atom. The Morgan fingerprint density at radius 3 is 3.17 bits per heavy atom. The fraction of sp³-hybridized carbons (Fsp3) is 0.353. The number of halogens is 1. The molecule has 0 radical (unpaired) electrons. The highest BCUT2D eigenvalue weighted by atomic mass is 32.2. The summed E-state index contributed by atoms with van der Waals surface area (Å²) in [4.78, 5) is 16.9. The number of benzene rings is 1. The molecule has 6 heteroatoms. The fourth-order valence-electron chi connectivity index (χ4n) is 3.18. The second-order valence-electron chi connectivity index (χ2n) is 5.86. The van der Waals surface area contributed by atoms with Crippen molar-refractivity contribution < 1.29 is 9.18 Å². The van der Waals surface area contributed by atoms with Crippen molar-refractivity contribution in [3.8, 4) is 0 Å². The molecule has 0 saturated heterocycles. The number of hydrogen-bond acceptors (Lipinski definition) is 3. The van der Waals surface area contributed by atoms with Crippen molar-refractivity contribution in [3.63, 3.8) is 0 Å². The number of nitrogens with one attached hydrogen (secondary N) is 1. The summed E-state index contributed by atoms with van der Waals surface area (Å²) in [6.07, 6.45) is 1.76. The molecule has 1 aromatic heterocycles. The molecule has 2 amide bonds. The number of carbonyl (C=O) groups excluding carboxylic acids is 1. The third-order valence-corrected chi connectivity index (χ3v) is 6.55. The largest absolute Gasteiger partial charge is 0.331 e. The van der Waals surface area contributed by atoms with Crippen molar-refractivity contribution in [2.24, 2.45) is 0 Å². The van der Waals surface area contributed by atoms with Crippen LogP contribution < -0.4 is 5.32 Å².